The topological polar surface area (TPSA) is 54.0 Å². The number of nitrogens with zero attached hydrogens (tertiary/aromatic N) is 1. The molecule has 96 valence electrons. The number of rotatable bonds is 6. The third-order valence-corrected chi connectivity index (χ3v) is 3.35. The summed E-state index contributed by atoms with van der Waals surface area (Å²) in [6.07, 6.45) is 0. The standard InChI is InChI=1S/C12H21N3OS/c1-8(2)5-14-12(16)7-13-6-11-9(3)15-10(4)17-11/h8,13H,5-7H2,1-4H3,(H,14,16). The third kappa shape index (κ3) is 5.28. The Morgan fingerprint density at radius 3 is 2.65 bits per heavy atom. The predicted molar refractivity (Wildman–Crippen MR) is 71.1 cm³/mol. The van der Waals surface area contributed by atoms with Gasteiger partial charge in [0.1, 0.15) is 0 Å². The van der Waals surface area contributed by atoms with Crippen LogP contribution in [0.25, 0.3) is 0 Å². The van der Waals surface area contributed by atoms with E-state index in [1.807, 2.05) is 13.8 Å². The third-order valence-electron chi connectivity index (χ3n) is 2.28. The van der Waals surface area contributed by atoms with Gasteiger partial charge in [-0.05, 0) is 19.8 Å². The molecule has 1 aromatic rings. The smallest absolute Gasteiger partial charge is 0.233 e. The molecule has 0 unspecified atom stereocenters. The minimum atomic E-state index is 0.0533. The van der Waals surface area contributed by atoms with E-state index in [0.717, 1.165) is 17.2 Å². The van der Waals surface area contributed by atoms with Gasteiger partial charge in [-0.25, -0.2) is 4.98 Å². The van der Waals surface area contributed by atoms with Crippen LogP contribution in [0.3, 0.4) is 0 Å². The summed E-state index contributed by atoms with van der Waals surface area (Å²) in [7, 11) is 0. The molecule has 0 radical (unpaired) electrons. The van der Waals surface area contributed by atoms with Gasteiger partial charge in [0.15, 0.2) is 0 Å². The van der Waals surface area contributed by atoms with Crippen LogP contribution in [0.5, 0.6) is 0 Å². The van der Waals surface area contributed by atoms with Crippen molar-refractivity contribution in [2.24, 2.45) is 5.92 Å². The van der Waals surface area contributed by atoms with E-state index in [9.17, 15) is 4.79 Å². The van der Waals surface area contributed by atoms with E-state index in [2.05, 4.69) is 29.5 Å². The molecule has 4 nitrogen and oxygen atoms in total. The number of thiazole rings is 1. The lowest BCUT2D eigenvalue weighted by atomic mass is 10.2. The Labute approximate surface area is 107 Å². The molecular formula is C12H21N3OS. The Bertz CT molecular complexity index is 374. The molecule has 0 saturated carbocycles. The molecule has 0 bridgehead atoms. The molecule has 0 aliphatic rings. The number of aryl methyl sites for hydroxylation is 2. The van der Waals surface area contributed by atoms with Crippen molar-refractivity contribution in [3.8, 4) is 0 Å². The lowest BCUT2D eigenvalue weighted by molar-refractivity contribution is -0.120. The summed E-state index contributed by atoms with van der Waals surface area (Å²) in [6, 6.07) is 0. The van der Waals surface area contributed by atoms with Crippen molar-refractivity contribution in [2.45, 2.75) is 34.2 Å². The van der Waals surface area contributed by atoms with Crippen molar-refractivity contribution in [2.75, 3.05) is 13.1 Å². The zero-order valence-electron chi connectivity index (χ0n) is 11.0. The van der Waals surface area contributed by atoms with Crippen molar-refractivity contribution < 1.29 is 4.79 Å². The fourth-order valence-corrected chi connectivity index (χ4v) is 2.31. The summed E-state index contributed by atoms with van der Waals surface area (Å²) in [6.45, 7) is 9.97. The van der Waals surface area contributed by atoms with Crippen LogP contribution in [0.1, 0.15) is 29.4 Å². The Balaban J connectivity index is 2.23. The van der Waals surface area contributed by atoms with Gasteiger partial charge in [0.05, 0.1) is 17.2 Å². The van der Waals surface area contributed by atoms with Gasteiger partial charge in [0, 0.05) is 18.0 Å². The van der Waals surface area contributed by atoms with Crippen molar-refractivity contribution in [3.05, 3.63) is 15.6 Å². The van der Waals surface area contributed by atoms with Crippen molar-refractivity contribution in [1.82, 2.24) is 15.6 Å². The Morgan fingerprint density at radius 1 is 1.41 bits per heavy atom. The molecule has 0 saturated heterocycles. The minimum absolute atomic E-state index is 0.0533. The van der Waals surface area contributed by atoms with Gasteiger partial charge < -0.3 is 10.6 Å². The van der Waals surface area contributed by atoms with Crippen LogP contribution < -0.4 is 10.6 Å². The largest absolute Gasteiger partial charge is 0.355 e. The molecule has 0 atom stereocenters. The van der Waals surface area contributed by atoms with E-state index in [4.69, 9.17) is 0 Å². The lowest BCUT2D eigenvalue weighted by Gasteiger charge is -2.08. The highest BCUT2D eigenvalue weighted by Gasteiger charge is 2.06. The zero-order chi connectivity index (χ0) is 12.8. The maximum absolute atomic E-state index is 11.4. The molecule has 0 fully saturated rings. The SMILES string of the molecule is Cc1nc(C)c(CNCC(=O)NCC(C)C)s1. The maximum atomic E-state index is 11.4. The molecule has 1 aromatic heterocycles. The van der Waals surface area contributed by atoms with Gasteiger partial charge in [0.2, 0.25) is 5.91 Å². The average molecular weight is 255 g/mol. The second-order valence-corrected chi connectivity index (χ2v) is 5.83. The number of carbonyl (C=O) groups excluding carboxylic acids is 1. The molecule has 1 amide bonds. The second kappa shape index (κ2) is 6.71. The second-order valence-electron chi connectivity index (χ2n) is 4.54. The van der Waals surface area contributed by atoms with E-state index in [-0.39, 0.29) is 5.91 Å². The highest BCUT2D eigenvalue weighted by molar-refractivity contribution is 7.11. The fourth-order valence-electron chi connectivity index (χ4n) is 1.41. The Hall–Kier alpha value is -0.940. The maximum Gasteiger partial charge on any atom is 0.233 e. The van der Waals surface area contributed by atoms with Gasteiger partial charge in [-0.1, -0.05) is 13.8 Å². The van der Waals surface area contributed by atoms with Crippen LogP contribution in [0, 0.1) is 19.8 Å². The first-order valence-electron chi connectivity index (χ1n) is 5.89. The zero-order valence-corrected chi connectivity index (χ0v) is 11.8. The highest BCUT2D eigenvalue weighted by atomic mass is 32.1. The average Bonchev–Trinajstić information content (AvgIpc) is 2.55. The molecule has 1 rings (SSSR count). The van der Waals surface area contributed by atoms with Gasteiger partial charge in [-0.3, -0.25) is 4.79 Å². The first-order valence-corrected chi connectivity index (χ1v) is 6.71. The summed E-state index contributed by atoms with van der Waals surface area (Å²) in [5.74, 6) is 0.544. The van der Waals surface area contributed by atoms with Crippen LogP contribution in [0.2, 0.25) is 0 Å². The molecule has 1 heterocycles. The monoisotopic (exact) mass is 255 g/mol. The van der Waals surface area contributed by atoms with Crippen LogP contribution in [-0.2, 0) is 11.3 Å². The molecule has 0 aromatic carbocycles. The van der Waals surface area contributed by atoms with Crippen LogP contribution >= 0.6 is 11.3 Å². The summed E-state index contributed by atoms with van der Waals surface area (Å²) in [5, 5.41) is 7.08. The van der Waals surface area contributed by atoms with Gasteiger partial charge in [-0.15, -0.1) is 11.3 Å². The number of amides is 1. The van der Waals surface area contributed by atoms with E-state index >= 15 is 0 Å². The quantitative estimate of drug-likeness (QED) is 0.812. The number of aromatic nitrogens is 1. The van der Waals surface area contributed by atoms with Crippen LogP contribution in [0.15, 0.2) is 0 Å². The molecule has 17 heavy (non-hydrogen) atoms. The first kappa shape index (κ1) is 14.1. The van der Waals surface area contributed by atoms with Crippen molar-refractivity contribution >= 4 is 17.2 Å². The predicted octanol–water partition coefficient (Wildman–Crippen LogP) is 1.62. The van der Waals surface area contributed by atoms with E-state index in [0.29, 0.717) is 19.0 Å². The highest BCUT2D eigenvalue weighted by Crippen LogP contribution is 2.16. The minimum Gasteiger partial charge on any atom is -0.355 e. The summed E-state index contributed by atoms with van der Waals surface area (Å²) >= 11 is 1.68. The summed E-state index contributed by atoms with van der Waals surface area (Å²) in [4.78, 5) is 17.0. The van der Waals surface area contributed by atoms with Gasteiger partial charge in [-0.2, -0.15) is 0 Å². The summed E-state index contributed by atoms with van der Waals surface area (Å²) in [5.41, 5.74) is 1.06. The number of hydrogen-bond donors (Lipinski definition) is 2. The molecular weight excluding hydrogens is 234 g/mol. The Morgan fingerprint density at radius 2 is 2.12 bits per heavy atom. The molecule has 0 spiro atoms. The number of carbonyl (C=O) groups is 1. The van der Waals surface area contributed by atoms with E-state index < -0.39 is 0 Å². The normalized spacial score (nSPS) is 10.9. The molecule has 5 heteroatoms. The number of nitrogens with one attached hydrogen (secondary N) is 2. The fraction of sp³-hybridized carbons (Fsp3) is 0.667. The van der Waals surface area contributed by atoms with Gasteiger partial charge in [0.25, 0.3) is 0 Å². The first-order chi connectivity index (χ1) is 7.99. The molecule has 0 aliphatic carbocycles. The van der Waals surface area contributed by atoms with E-state index in [1.165, 1.54) is 4.88 Å². The van der Waals surface area contributed by atoms with E-state index in [1.54, 1.807) is 11.3 Å². The lowest BCUT2D eigenvalue weighted by Crippen LogP contribution is -2.35. The molecule has 0 aliphatic heterocycles. The summed E-state index contributed by atoms with van der Waals surface area (Å²) < 4.78 is 0. The molecule has 2 N–H and O–H groups in total. The Kier molecular flexibility index (Phi) is 5.58. The van der Waals surface area contributed by atoms with Crippen LogP contribution in [-0.4, -0.2) is 24.0 Å². The van der Waals surface area contributed by atoms with Crippen molar-refractivity contribution in [3.63, 3.8) is 0 Å². The van der Waals surface area contributed by atoms with Gasteiger partial charge >= 0.3 is 0 Å². The number of hydrogen-bond acceptors (Lipinski definition) is 4. The van der Waals surface area contributed by atoms with Crippen LogP contribution in [0.4, 0.5) is 0 Å². The van der Waals surface area contributed by atoms with Crippen molar-refractivity contribution in [1.29, 1.82) is 0 Å².